The number of carbonyl (C=O) groups excluding carboxylic acids is 1. The van der Waals surface area contributed by atoms with Gasteiger partial charge in [-0.3, -0.25) is 4.79 Å². The Morgan fingerprint density at radius 1 is 1.56 bits per heavy atom. The van der Waals surface area contributed by atoms with Gasteiger partial charge in [0.1, 0.15) is 5.78 Å². The molecule has 2 heterocycles. The molecule has 0 aliphatic rings. The number of imidazole rings is 1. The van der Waals surface area contributed by atoms with E-state index >= 15 is 0 Å². The fourth-order valence-corrected chi connectivity index (χ4v) is 2.47. The Morgan fingerprint density at radius 3 is 3.12 bits per heavy atom. The highest BCUT2D eigenvalue weighted by Crippen LogP contribution is 2.19. The lowest BCUT2D eigenvalue weighted by Gasteiger charge is -1.96. The Hall–Kier alpha value is -1.42. The van der Waals surface area contributed by atoms with E-state index < -0.39 is 0 Å². The van der Waals surface area contributed by atoms with Gasteiger partial charge in [0.2, 0.25) is 0 Å². The second-order valence-electron chi connectivity index (χ2n) is 3.71. The van der Waals surface area contributed by atoms with E-state index in [4.69, 9.17) is 0 Å². The van der Waals surface area contributed by atoms with Crippen LogP contribution in [-0.4, -0.2) is 15.3 Å². The van der Waals surface area contributed by atoms with Gasteiger partial charge in [-0.1, -0.05) is 6.92 Å². The summed E-state index contributed by atoms with van der Waals surface area (Å²) in [4.78, 5) is 16.6. The van der Waals surface area contributed by atoms with Crippen LogP contribution in [0.4, 0.5) is 0 Å². The number of hydrogen-bond acceptors (Lipinski definition) is 3. The van der Waals surface area contributed by atoms with Crippen molar-refractivity contribution in [3.05, 3.63) is 35.0 Å². The zero-order chi connectivity index (χ0) is 11.4. The summed E-state index contributed by atoms with van der Waals surface area (Å²) in [5, 5.41) is 2.05. The van der Waals surface area contributed by atoms with Crippen LogP contribution in [0.2, 0.25) is 0 Å². The number of Topliss-reactive ketones (excluding diaryl/α,β-unsaturated/α-hetero) is 1. The third-order valence-electron chi connectivity index (χ3n) is 2.34. The third kappa shape index (κ3) is 2.58. The normalized spacial score (nSPS) is 10.6. The van der Waals surface area contributed by atoms with E-state index in [9.17, 15) is 4.79 Å². The van der Waals surface area contributed by atoms with Crippen LogP contribution in [0.25, 0.3) is 5.69 Å². The highest BCUT2D eigenvalue weighted by atomic mass is 32.1. The Balaban J connectivity index is 2.06. The van der Waals surface area contributed by atoms with Crippen molar-refractivity contribution in [3.8, 4) is 5.69 Å². The molecule has 3 nitrogen and oxygen atoms in total. The molecule has 0 bridgehead atoms. The Bertz CT molecular complexity index is 459. The second kappa shape index (κ2) is 5.07. The molecule has 2 aromatic rings. The fourth-order valence-electron chi connectivity index (χ4n) is 1.57. The maximum Gasteiger partial charge on any atom is 0.138 e. The third-order valence-corrected chi connectivity index (χ3v) is 3.27. The molecular weight excluding hydrogens is 220 g/mol. The lowest BCUT2D eigenvalue weighted by Crippen LogP contribution is -1.99. The lowest BCUT2D eigenvalue weighted by atomic mass is 10.1. The maximum atomic E-state index is 11.5. The van der Waals surface area contributed by atoms with Crippen molar-refractivity contribution in [1.82, 2.24) is 9.55 Å². The van der Waals surface area contributed by atoms with Crippen LogP contribution in [0.3, 0.4) is 0 Å². The van der Waals surface area contributed by atoms with Gasteiger partial charge in [0.05, 0.1) is 12.0 Å². The van der Waals surface area contributed by atoms with Gasteiger partial charge in [-0.05, 0) is 12.5 Å². The molecule has 0 atom stereocenters. The molecule has 0 N–H and O–H groups in total. The first kappa shape index (κ1) is 11.1. The monoisotopic (exact) mass is 234 g/mol. The van der Waals surface area contributed by atoms with Crippen molar-refractivity contribution in [3.63, 3.8) is 0 Å². The molecule has 0 aliphatic heterocycles. The first-order valence-electron chi connectivity index (χ1n) is 5.37. The molecule has 0 radical (unpaired) electrons. The molecule has 0 aromatic carbocycles. The molecule has 4 heteroatoms. The largest absolute Gasteiger partial charge is 0.305 e. The standard InChI is InChI=1S/C12H14N2OS/c1-2-3-11(15)7-12-6-10(8-16-12)14-5-4-13-9-14/h4-6,8-9H,2-3,7H2,1H3. The van der Waals surface area contributed by atoms with Gasteiger partial charge >= 0.3 is 0 Å². The Labute approximate surface area is 98.8 Å². The molecule has 0 unspecified atom stereocenters. The van der Waals surface area contributed by atoms with Crippen LogP contribution in [0, 0.1) is 0 Å². The number of aromatic nitrogens is 2. The summed E-state index contributed by atoms with van der Waals surface area (Å²) < 4.78 is 1.95. The van der Waals surface area contributed by atoms with E-state index in [2.05, 4.69) is 16.4 Å². The first-order valence-corrected chi connectivity index (χ1v) is 6.25. The van der Waals surface area contributed by atoms with Crippen molar-refractivity contribution in [2.45, 2.75) is 26.2 Å². The van der Waals surface area contributed by atoms with Gasteiger partial charge in [0.15, 0.2) is 0 Å². The minimum Gasteiger partial charge on any atom is -0.305 e. The molecule has 0 saturated heterocycles. The van der Waals surface area contributed by atoms with E-state index in [1.165, 1.54) is 0 Å². The molecule has 0 fully saturated rings. The smallest absolute Gasteiger partial charge is 0.138 e. The van der Waals surface area contributed by atoms with Gasteiger partial charge in [0.25, 0.3) is 0 Å². The summed E-state index contributed by atoms with van der Waals surface area (Å²) in [6.07, 6.45) is 7.59. The van der Waals surface area contributed by atoms with Gasteiger partial charge in [0, 0.05) is 35.5 Å². The van der Waals surface area contributed by atoms with Crippen LogP contribution in [-0.2, 0) is 11.2 Å². The number of thiophene rings is 1. The lowest BCUT2D eigenvalue weighted by molar-refractivity contribution is -0.118. The van der Waals surface area contributed by atoms with Gasteiger partial charge in [-0.25, -0.2) is 4.98 Å². The highest BCUT2D eigenvalue weighted by Gasteiger charge is 2.06. The Morgan fingerprint density at radius 2 is 2.44 bits per heavy atom. The zero-order valence-electron chi connectivity index (χ0n) is 9.22. The molecule has 16 heavy (non-hydrogen) atoms. The molecule has 2 aromatic heterocycles. The summed E-state index contributed by atoms with van der Waals surface area (Å²) >= 11 is 1.63. The molecule has 2 rings (SSSR count). The summed E-state index contributed by atoms with van der Waals surface area (Å²) in [7, 11) is 0. The number of ketones is 1. The van der Waals surface area contributed by atoms with E-state index in [0.29, 0.717) is 18.6 Å². The van der Waals surface area contributed by atoms with E-state index in [-0.39, 0.29) is 0 Å². The van der Waals surface area contributed by atoms with Gasteiger partial charge < -0.3 is 4.57 Å². The van der Waals surface area contributed by atoms with Crippen LogP contribution in [0.5, 0.6) is 0 Å². The average molecular weight is 234 g/mol. The summed E-state index contributed by atoms with van der Waals surface area (Å²) in [6, 6.07) is 2.06. The summed E-state index contributed by atoms with van der Waals surface area (Å²) in [5.41, 5.74) is 1.08. The van der Waals surface area contributed by atoms with Crippen molar-refractivity contribution in [1.29, 1.82) is 0 Å². The minimum atomic E-state index is 0.321. The van der Waals surface area contributed by atoms with Crippen molar-refractivity contribution in [2.75, 3.05) is 0 Å². The minimum absolute atomic E-state index is 0.321. The predicted octanol–water partition coefficient (Wildman–Crippen LogP) is 2.85. The molecule has 0 saturated carbocycles. The molecule has 0 spiro atoms. The summed E-state index contributed by atoms with van der Waals surface area (Å²) in [6.45, 7) is 2.03. The topological polar surface area (TPSA) is 34.9 Å². The van der Waals surface area contributed by atoms with E-state index in [0.717, 1.165) is 17.0 Å². The zero-order valence-corrected chi connectivity index (χ0v) is 10.0. The summed E-state index contributed by atoms with van der Waals surface area (Å²) in [5.74, 6) is 0.321. The van der Waals surface area contributed by atoms with Crippen LogP contribution >= 0.6 is 11.3 Å². The Kier molecular flexibility index (Phi) is 3.51. The van der Waals surface area contributed by atoms with Crippen LogP contribution in [0.1, 0.15) is 24.6 Å². The van der Waals surface area contributed by atoms with Gasteiger partial charge in [-0.15, -0.1) is 11.3 Å². The molecule has 84 valence electrons. The quantitative estimate of drug-likeness (QED) is 0.797. The number of nitrogens with zero attached hydrogens (tertiary/aromatic N) is 2. The number of carbonyl (C=O) groups is 1. The van der Waals surface area contributed by atoms with Crippen LogP contribution < -0.4 is 0 Å². The maximum absolute atomic E-state index is 11.5. The average Bonchev–Trinajstić information content (AvgIpc) is 2.86. The van der Waals surface area contributed by atoms with Crippen LogP contribution in [0.15, 0.2) is 30.2 Å². The molecule has 0 amide bonds. The predicted molar refractivity (Wildman–Crippen MR) is 65.1 cm³/mol. The van der Waals surface area contributed by atoms with Crippen molar-refractivity contribution < 1.29 is 4.79 Å². The number of hydrogen-bond donors (Lipinski definition) is 0. The van der Waals surface area contributed by atoms with Gasteiger partial charge in [-0.2, -0.15) is 0 Å². The molecular formula is C12H14N2OS. The van der Waals surface area contributed by atoms with E-state index in [1.807, 2.05) is 17.7 Å². The fraction of sp³-hybridized carbons (Fsp3) is 0.333. The van der Waals surface area contributed by atoms with Crippen molar-refractivity contribution >= 4 is 17.1 Å². The first-order chi connectivity index (χ1) is 7.79. The van der Waals surface area contributed by atoms with Crippen molar-refractivity contribution in [2.24, 2.45) is 0 Å². The molecule has 0 aliphatic carbocycles. The van der Waals surface area contributed by atoms with E-state index in [1.54, 1.807) is 23.9 Å². The highest BCUT2D eigenvalue weighted by molar-refractivity contribution is 7.10. The number of rotatable bonds is 5. The second-order valence-corrected chi connectivity index (χ2v) is 4.70. The SMILES string of the molecule is CCCC(=O)Cc1cc(-n2ccnc2)cs1.